The number of anilines is 2. The van der Waals surface area contributed by atoms with Gasteiger partial charge in [0.15, 0.2) is 10.9 Å². The van der Waals surface area contributed by atoms with Crippen LogP contribution in [0.15, 0.2) is 18.2 Å². The standard InChI is InChI=1S/C32H31ClF2N6O4SSi/c1-32(2,3)45-30(42)39-29-38-26-17(7-8-21(34)28(26)46-29)23-20(33)15-18-25(24(23)35)37-22(9-14-47(4,5)6)19(16-36)27(18)40-10-12-41(13-11-40)31(43)44/h7-8,15H,10-13H2,1-6H3,(H,43,44)(H,38,39,42). The van der Waals surface area contributed by atoms with Crippen LogP contribution in [0.2, 0.25) is 24.7 Å². The summed E-state index contributed by atoms with van der Waals surface area (Å²) in [7, 11) is -1.96. The van der Waals surface area contributed by atoms with Crippen molar-refractivity contribution in [3.8, 4) is 28.7 Å². The van der Waals surface area contributed by atoms with E-state index in [1.165, 1.54) is 17.0 Å². The van der Waals surface area contributed by atoms with Gasteiger partial charge in [-0.15, -0.1) is 5.54 Å². The van der Waals surface area contributed by atoms with Gasteiger partial charge in [0.25, 0.3) is 0 Å². The van der Waals surface area contributed by atoms with E-state index in [1.807, 2.05) is 24.5 Å². The third kappa shape index (κ3) is 7.10. The Morgan fingerprint density at radius 2 is 1.81 bits per heavy atom. The number of carboxylic acid groups (broad SMARTS) is 1. The highest BCUT2D eigenvalue weighted by Crippen LogP contribution is 2.44. The van der Waals surface area contributed by atoms with Crippen molar-refractivity contribution >= 4 is 75.1 Å². The van der Waals surface area contributed by atoms with E-state index in [-0.39, 0.29) is 79.8 Å². The van der Waals surface area contributed by atoms with Crippen LogP contribution < -0.4 is 10.2 Å². The van der Waals surface area contributed by atoms with E-state index < -0.39 is 37.5 Å². The van der Waals surface area contributed by atoms with Crippen molar-refractivity contribution in [2.24, 2.45) is 0 Å². The van der Waals surface area contributed by atoms with Gasteiger partial charge in [-0.05, 0) is 39.0 Å². The van der Waals surface area contributed by atoms with Crippen LogP contribution in [0.3, 0.4) is 0 Å². The molecule has 10 nitrogen and oxygen atoms in total. The number of carbonyl (C=O) groups is 2. The zero-order valence-corrected chi connectivity index (χ0v) is 29.1. The number of fused-ring (bicyclic) bond motifs is 2. The van der Waals surface area contributed by atoms with E-state index >= 15 is 8.78 Å². The van der Waals surface area contributed by atoms with Gasteiger partial charge in [0.1, 0.15) is 42.3 Å². The number of nitriles is 1. The fraction of sp³-hybridized carbons (Fsp3) is 0.344. The highest BCUT2D eigenvalue weighted by Gasteiger charge is 2.29. The number of pyridine rings is 1. The second-order valence-corrected chi connectivity index (χ2v) is 19.1. The molecule has 4 aromatic rings. The molecule has 2 amide bonds. The van der Waals surface area contributed by atoms with Gasteiger partial charge in [0.2, 0.25) is 0 Å². The summed E-state index contributed by atoms with van der Waals surface area (Å²) in [4.78, 5) is 36.0. The van der Waals surface area contributed by atoms with Crippen LogP contribution >= 0.6 is 22.9 Å². The van der Waals surface area contributed by atoms with Crippen LogP contribution in [-0.2, 0) is 4.74 Å². The maximum atomic E-state index is 16.9. The molecule has 1 saturated heterocycles. The molecule has 5 rings (SSSR count). The molecule has 15 heteroatoms. The van der Waals surface area contributed by atoms with Gasteiger partial charge < -0.3 is 19.6 Å². The van der Waals surface area contributed by atoms with E-state index in [0.717, 1.165) is 17.4 Å². The second kappa shape index (κ2) is 12.6. The summed E-state index contributed by atoms with van der Waals surface area (Å²) in [5, 5.41) is 22.5. The number of halogens is 3. The Kier molecular flexibility index (Phi) is 9.07. The fourth-order valence-corrected chi connectivity index (χ4v) is 6.74. The number of nitrogens with zero attached hydrogens (tertiary/aromatic N) is 5. The number of aromatic nitrogens is 2. The summed E-state index contributed by atoms with van der Waals surface area (Å²) in [6, 6.07) is 6.21. The molecule has 244 valence electrons. The van der Waals surface area contributed by atoms with Crippen LogP contribution in [0.4, 0.5) is 29.2 Å². The number of piperazine rings is 1. The van der Waals surface area contributed by atoms with Gasteiger partial charge in [-0.3, -0.25) is 5.32 Å². The minimum Gasteiger partial charge on any atom is -0.465 e. The maximum absolute atomic E-state index is 16.9. The van der Waals surface area contributed by atoms with Crippen LogP contribution in [0.5, 0.6) is 0 Å². The Labute approximate surface area is 279 Å². The molecule has 0 spiro atoms. The van der Waals surface area contributed by atoms with Crippen molar-refractivity contribution in [1.29, 1.82) is 5.26 Å². The molecule has 1 fully saturated rings. The average molecular weight is 697 g/mol. The number of carbonyl (C=O) groups excluding carboxylic acids is 1. The first-order valence-electron chi connectivity index (χ1n) is 14.6. The Morgan fingerprint density at radius 3 is 2.40 bits per heavy atom. The van der Waals surface area contributed by atoms with Crippen LogP contribution in [0.25, 0.3) is 32.2 Å². The largest absolute Gasteiger partial charge is 0.465 e. The lowest BCUT2D eigenvalue weighted by Gasteiger charge is -2.35. The van der Waals surface area contributed by atoms with Crippen LogP contribution in [0.1, 0.15) is 32.0 Å². The monoisotopic (exact) mass is 696 g/mol. The lowest BCUT2D eigenvalue weighted by Crippen LogP contribution is -2.48. The molecule has 47 heavy (non-hydrogen) atoms. The third-order valence-corrected chi connectivity index (χ3v) is 9.20. The number of benzene rings is 2. The second-order valence-electron chi connectivity index (χ2n) is 12.9. The van der Waals surface area contributed by atoms with Gasteiger partial charge in [-0.1, -0.05) is 48.5 Å². The molecule has 2 aromatic heterocycles. The number of rotatable bonds is 3. The molecule has 0 unspecified atom stereocenters. The molecule has 1 aliphatic heterocycles. The summed E-state index contributed by atoms with van der Waals surface area (Å²) in [6.07, 6.45) is -1.84. The Hall–Kier alpha value is -4.50. The predicted octanol–water partition coefficient (Wildman–Crippen LogP) is 7.69. The first-order chi connectivity index (χ1) is 22.0. The molecule has 0 radical (unpaired) electrons. The van der Waals surface area contributed by atoms with Crippen molar-refractivity contribution in [3.63, 3.8) is 0 Å². The number of ether oxygens (including phenoxy) is 1. The van der Waals surface area contributed by atoms with Crippen molar-refractivity contribution in [2.75, 3.05) is 36.4 Å². The molecule has 3 heterocycles. The molecular weight excluding hydrogens is 666 g/mol. The molecular formula is C32H31ClF2N6O4SSi. The topological polar surface area (TPSA) is 132 Å². The van der Waals surface area contributed by atoms with Crippen molar-refractivity contribution in [1.82, 2.24) is 14.9 Å². The number of hydrogen-bond acceptors (Lipinski definition) is 8. The summed E-state index contributed by atoms with van der Waals surface area (Å²) in [5.41, 5.74) is 3.02. The normalized spacial score (nSPS) is 13.7. The van der Waals surface area contributed by atoms with Gasteiger partial charge in [-0.2, -0.15) is 5.26 Å². The van der Waals surface area contributed by atoms with Crippen LogP contribution in [0, 0.1) is 34.4 Å². The number of nitrogens with one attached hydrogen (secondary N) is 1. The third-order valence-electron chi connectivity index (χ3n) is 7.05. The number of thiazole rings is 1. The summed E-state index contributed by atoms with van der Waals surface area (Å²) in [5.74, 6) is 1.56. The zero-order chi connectivity index (χ0) is 34.4. The summed E-state index contributed by atoms with van der Waals surface area (Å²) < 4.78 is 37.2. The van der Waals surface area contributed by atoms with Gasteiger partial charge in [0.05, 0.1) is 20.9 Å². The summed E-state index contributed by atoms with van der Waals surface area (Å²) in [6.45, 7) is 12.0. The Balaban J connectivity index is 1.73. The van der Waals surface area contributed by atoms with E-state index in [0.29, 0.717) is 5.69 Å². The molecule has 0 aliphatic carbocycles. The lowest BCUT2D eigenvalue weighted by atomic mass is 9.98. The molecule has 0 atom stereocenters. The minimum atomic E-state index is -1.96. The minimum absolute atomic E-state index is 0.0430. The van der Waals surface area contributed by atoms with E-state index in [1.54, 1.807) is 20.8 Å². The number of amides is 2. The van der Waals surface area contributed by atoms with E-state index in [4.69, 9.17) is 16.3 Å². The molecule has 2 aromatic carbocycles. The average Bonchev–Trinajstić information content (AvgIpc) is 3.39. The highest BCUT2D eigenvalue weighted by atomic mass is 35.5. The van der Waals surface area contributed by atoms with Crippen molar-refractivity contribution in [2.45, 2.75) is 46.0 Å². The van der Waals surface area contributed by atoms with Crippen molar-refractivity contribution in [3.05, 3.63) is 46.1 Å². The summed E-state index contributed by atoms with van der Waals surface area (Å²) >= 11 is 7.65. The van der Waals surface area contributed by atoms with Crippen LogP contribution in [-0.4, -0.2) is 72.0 Å². The lowest BCUT2D eigenvalue weighted by molar-refractivity contribution is 0.0636. The molecule has 2 N–H and O–H groups in total. The first kappa shape index (κ1) is 33.8. The van der Waals surface area contributed by atoms with Crippen molar-refractivity contribution < 1.29 is 28.2 Å². The Bertz CT molecular complexity index is 2050. The molecule has 0 bridgehead atoms. The van der Waals surface area contributed by atoms with Gasteiger partial charge in [0, 0.05) is 42.7 Å². The Morgan fingerprint density at radius 1 is 1.13 bits per heavy atom. The van der Waals surface area contributed by atoms with Gasteiger partial charge >= 0.3 is 12.2 Å². The van der Waals surface area contributed by atoms with E-state index in [2.05, 4.69) is 32.8 Å². The highest BCUT2D eigenvalue weighted by molar-refractivity contribution is 7.22. The first-order valence-corrected chi connectivity index (χ1v) is 19.3. The smallest absolute Gasteiger partial charge is 0.413 e. The van der Waals surface area contributed by atoms with Gasteiger partial charge in [-0.25, -0.2) is 28.3 Å². The zero-order valence-electron chi connectivity index (χ0n) is 26.5. The number of hydrogen-bond donors (Lipinski definition) is 2. The molecule has 1 aliphatic rings. The SMILES string of the molecule is CC(C)(C)OC(=O)Nc1nc2c(-c3c(Cl)cc4c(N5CCN(C(=O)O)CC5)c(C#N)c(C#C[Si](C)(C)C)nc4c3F)ccc(F)c2s1. The maximum Gasteiger partial charge on any atom is 0.413 e. The van der Waals surface area contributed by atoms with E-state index in [9.17, 15) is 20.0 Å². The molecule has 0 saturated carbocycles. The predicted molar refractivity (Wildman–Crippen MR) is 182 cm³/mol. The quantitative estimate of drug-likeness (QED) is 0.165. The fourth-order valence-electron chi connectivity index (χ4n) is 5.07.